The van der Waals surface area contributed by atoms with Crippen LogP contribution in [-0.2, 0) is 0 Å². The summed E-state index contributed by atoms with van der Waals surface area (Å²) in [6, 6.07) is 8.51. The molecule has 0 spiro atoms. The maximum absolute atomic E-state index is 3.78. The first-order valence-electron chi connectivity index (χ1n) is 4.40. The van der Waals surface area contributed by atoms with Gasteiger partial charge in [-0.05, 0) is 23.6 Å². The van der Waals surface area contributed by atoms with E-state index in [1.165, 1.54) is 15.6 Å². The second-order valence-electron chi connectivity index (χ2n) is 3.24. The van der Waals surface area contributed by atoms with Crippen molar-refractivity contribution in [1.29, 1.82) is 0 Å². The zero-order valence-electron chi connectivity index (χ0n) is 7.33. The molecule has 0 fully saturated rings. The van der Waals surface area contributed by atoms with Gasteiger partial charge in [0.15, 0.2) is 0 Å². The smallest absolute Gasteiger partial charge is 0.0196 e. The lowest BCUT2D eigenvalue weighted by atomic mass is 9.98. The maximum Gasteiger partial charge on any atom is 0.0196 e. The summed E-state index contributed by atoms with van der Waals surface area (Å²) >= 11 is 3.60. The molecule has 0 saturated carbocycles. The van der Waals surface area contributed by atoms with Crippen LogP contribution in [0.25, 0.3) is 6.08 Å². The van der Waals surface area contributed by atoms with E-state index in [1.807, 2.05) is 6.08 Å². The third-order valence-corrected chi connectivity index (χ3v) is 3.18. The SMILES string of the molecule is C=CCC1C(Br)=Cc2ccccc21. The number of rotatable bonds is 2. The van der Waals surface area contributed by atoms with E-state index in [0.29, 0.717) is 5.92 Å². The van der Waals surface area contributed by atoms with Gasteiger partial charge in [0.1, 0.15) is 0 Å². The second-order valence-corrected chi connectivity index (χ2v) is 4.15. The number of hydrogen-bond acceptors (Lipinski definition) is 0. The van der Waals surface area contributed by atoms with Gasteiger partial charge in [-0.25, -0.2) is 0 Å². The monoisotopic (exact) mass is 234 g/mol. The summed E-state index contributed by atoms with van der Waals surface area (Å²) in [4.78, 5) is 0. The van der Waals surface area contributed by atoms with Gasteiger partial charge in [-0.15, -0.1) is 6.58 Å². The van der Waals surface area contributed by atoms with Crippen LogP contribution in [0.1, 0.15) is 23.5 Å². The summed E-state index contributed by atoms with van der Waals surface area (Å²) in [5.41, 5.74) is 2.75. The third-order valence-electron chi connectivity index (χ3n) is 2.40. The fraction of sp³-hybridized carbons (Fsp3) is 0.167. The van der Waals surface area contributed by atoms with Crippen molar-refractivity contribution in [3.8, 4) is 0 Å². The minimum atomic E-state index is 0.494. The van der Waals surface area contributed by atoms with E-state index in [0.717, 1.165) is 6.42 Å². The van der Waals surface area contributed by atoms with Gasteiger partial charge in [0.25, 0.3) is 0 Å². The zero-order chi connectivity index (χ0) is 9.26. The number of benzene rings is 1. The average molecular weight is 235 g/mol. The Labute approximate surface area is 87.1 Å². The van der Waals surface area contributed by atoms with Gasteiger partial charge >= 0.3 is 0 Å². The number of fused-ring (bicyclic) bond motifs is 1. The highest BCUT2D eigenvalue weighted by atomic mass is 79.9. The first-order valence-corrected chi connectivity index (χ1v) is 5.19. The van der Waals surface area contributed by atoms with Crippen LogP contribution >= 0.6 is 15.9 Å². The molecule has 2 rings (SSSR count). The van der Waals surface area contributed by atoms with Crippen molar-refractivity contribution in [3.63, 3.8) is 0 Å². The molecule has 1 atom stereocenters. The summed E-state index contributed by atoms with van der Waals surface area (Å²) in [5, 5.41) is 0. The van der Waals surface area contributed by atoms with Gasteiger partial charge in [-0.3, -0.25) is 0 Å². The normalized spacial score (nSPS) is 19.5. The van der Waals surface area contributed by atoms with Crippen molar-refractivity contribution >= 4 is 22.0 Å². The number of halogens is 1. The standard InChI is InChI=1S/C12H11Br/c1-2-5-11-10-7-4-3-6-9(10)8-12(11)13/h2-4,6-8,11H,1,5H2. The topological polar surface area (TPSA) is 0 Å². The molecule has 0 heterocycles. The molecular weight excluding hydrogens is 224 g/mol. The van der Waals surface area contributed by atoms with Gasteiger partial charge in [-0.2, -0.15) is 0 Å². The van der Waals surface area contributed by atoms with Gasteiger partial charge in [0.05, 0.1) is 0 Å². The average Bonchev–Trinajstić information content (AvgIpc) is 2.44. The summed E-state index contributed by atoms with van der Waals surface area (Å²) in [5.74, 6) is 0.494. The maximum atomic E-state index is 3.78. The van der Waals surface area contributed by atoms with Gasteiger partial charge < -0.3 is 0 Å². The van der Waals surface area contributed by atoms with Crippen LogP contribution in [-0.4, -0.2) is 0 Å². The Morgan fingerprint density at radius 2 is 2.15 bits per heavy atom. The molecule has 1 aliphatic rings. The Morgan fingerprint density at radius 1 is 1.38 bits per heavy atom. The second kappa shape index (κ2) is 3.51. The van der Waals surface area contributed by atoms with Crippen molar-refractivity contribution in [2.24, 2.45) is 0 Å². The van der Waals surface area contributed by atoms with Crippen LogP contribution in [0.3, 0.4) is 0 Å². The zero-order valence-corrected chi connectivity index (χ0v) is 8.92. The lowest BCUT2D eigenvalue weighted by Crippen LogP contribution is -1.93. The van der Waals surface area contributed by atoms with E-state index < -0.39 is 0 Å². The molecule has 0 N–H and O–H groups in total. The van der Waals surface area contributed by atoms with E-state index in [4.69, 9.17) is 0 Å². The first kappa shape index (κ1) is 8.76. The van der Waals surface area contributed by atoms with E-state index in [2.05, 4.69) is 52.9 Å². The minimum Gasteiger partial charge on any atom is -0.103 e. The third kappa shape index (κ3) is 1.49. The number of allylic oxidation sites excluding steroid dienone is 2. The highest BCUT2D eigenvalue weighted by Gasteiger charge is 2.21. The molecule has 0 bridgehead atoms. The molecule has 1 heteroatoms. The van der Waals surface area contributed by atoms with Crippen molar-refractivity contribution in [3.05, 3.63) is 52.5 Å². The highest BCUT2D eigenvalue weighted by Crippen LogP contribution is 2.41. The lowest BCUT2D eigenvalue weighted by molar-refractivity contribution is 0.873. The Bertz CT molecular complexity index is 363. The molecule has 1 unspecified atom stereocenters. The van der Waals surface area contributed by atoms with Gasteiger partial charge in [-0.1, -0.05) is 46.3 Å². The van der Waals surface area contributed by atoms with Crippen LogP contribution in [0.4, 0.5) is 0 Å². The summed E-state index contributed by atoms with van der Waals surface area (Å²) in [6.07, 6.45) is 5.18. The molecule has 0 saturated heterocycles. The Morgan fingerprint density at radius 3 is 2.92 bits per heavy atom. The molecule has 0 aliphatic heterocycles. The fourth-order valence-corrected chi connectivity index (χ4v) is 2.44. The molecule has 0 aromatic heterocycles. The van der Waals surface area contributed by atoms with Gasteiger partial charge in [0.2, 0.25) is 0 Å². The van der Waals surface area contributed by atoms with Crippen LogP contribution in [0.15, 0.2) is 41.4 Å². The molecule has 1 aromatic rings. The molecule has 0 radical (unpaired) electrons. The molecule has 1 aliphatic carbocycles. The Hall–Kier alpha value is -0.820. The predicted octanol–water partition coefficient (Wildman–Crippen LogP) is 4.10. The van der Waals surface area contributed by atoms with E-state index in [1.54, 1.807) is 0 Å². The van der Waals surface area contributed by atoms with E-state index in [9.17, 15) is 0 Å². The molecule has 13 heavy (non-hydrogen) atoms. The van der Waals surface area contributed by atoms with Crippen LogP contribution in [0.5, 0.6) is 0 Å². The molecule has 66 valence electrons. The minimum absolute atomic E-state index is 0.494. The first-order chi connectivity index (χ1) is 6.33. The molecule has 0 nitrogen and oxygen atoms in total. The van der Waals surface area contributed by atoms with Crippen molar-refractivity contribution < 1.29 is 0 Å². The summed E-state index contributed by atoms with van der Waals surface area (Å²) < 4.78 is 1.27. The molecule has 1 aromatic carbocycles. The largest absolute Gasteiger partial charge is 0.103 e. The number of hydrogen-bond donors (Lipinski definition) is 0. The molecule has 0 amide bonds. The van der Waals surface area contributed by atoms with Crippen LogP contribution < -0.4 is 0 Å². The fourth-order valence-electron chi connectivity index (χ4n) is 1.76. The summed E-state index contributed by atoms with van der Waals surface area (Å²) in [7, 11) is 0. The van der Waals surface area contributed by atoms with Crippen molar-refractivity contribution in [2.75, 3.05) is 0 Å². The van der Waals surface area contributed by atoms with Crippen molar-refractivity contribution in [1.82, 2.24) is 0 Å². The Kier molecular flexibility index (Phi) is 2.36. The lowest BCUT2D eigenvalue weighted by Gasteiger charge is -2.09. The quantitative estimate of drug-likeness (QED) is 0.677. The van der Waals surface area contributed by atoms with E-state index >= 15 is 0 Å². The van der Waals surface area contributed by atoms with Crippen LogP contribution in [0, 0.1) is 0 Å². The van der Waals surface area contributed by atoms with E-state index in [-0.39, 0.29) is 0 Å². The Balaban J connectivity index is 2.42. The molecular formula is C12H11Br. The summed E-state index contributed by atoms with van der Waals surface area (Å²) in [6.45, 7) is 3.78. The predicted molar refractivity (Wildman–Crippen MR) is 60.9 cm³/mol. The van der Waals surface area contributed by atoms with Crippen molar-refractivity contribution in [2.45, 2.75) is 12.3 Å². The van der Waals surface area contributed by atoms with Gasteiger partial charge in [0, 0.05) is 10.4 Å². The van der Waals surface area contributed by atoms with Crippen LogP contribution in [0.2, 0.25) is 0 Å². The highest BCUT2D eigenvalue weighted by molar-refractivity contribution is 9.11.